The highest BCUT2D eigenvalue weighted by Crippen LogP contribution is 2.16. The van der Waals surface area contributed by atoms with Gasteiger partial charge in [-0.05, 0) is 128 Å². The topological polar surface area (TPSA) is 78.9 Å². The minimum absolute atomic E-state index is 0.0876. The zero-order chi connectivity index (χ0) is 56.4. The van der Waals surface area contributed by atoms with E-state index < -0.39 is 6.10 Å². The third-order valence-corrected chi connectivity index (χ3v) is 14.0. The number of ether oxygens (including phenoxy) is 3. The van der Waals surface area contributed by atoms with Crippen molar-refractivity contribution in [1.82, 2.24) is 0 Å². The molecule has 0 aromatic carbocycles. The molecule has 0 spiro atoms. The molecule has 0 aliphatic rings. The number of allylic oxidation sites excluding steroid dienone is 18. The first-order chi connectivity index (χ1) is 38.5. The number of unbranched alkanes of at least 4 members (excludes halogenated alkanes) is 30. The summed E-state index contributed by atoms with van der Waals surface area (Å²) in [5, 5.41) is 0. The van der Waals surface area contributed by atoms with Crippen molar-refractivity contribution < 1.29 is 28.6 Å². The number of carbonyl (C=O) groups excluding carboxylic acids is 3. The van der Waals surface area contributed by atoms with Crippen molar-refractivity contribution in [3.05, 3.63) is 109 Å². The molecule has 446 valence electrons. The van der Waals surface area contributed by atoms with Crippen molar-refractivity contribution in [1.29, 1.82) is 0 Å². The quantitative estimate of drug-likeness (QED) is 0.0261. The molecule has 0 aliphatic carbocycles. The van der Waals surface area contributed by atoms with Crippen LogP contribution in [0.25, 0.3) is 0 Å². The smallest absolute Gasteiger partial charge is 0.306 e. The van der Waals surface area contributed by atoms with E-state index in [1.54, 1.807) is 0 Å². The van der Waals surface area contributed by atoms with E-state index in [1.165, 1.54) is 148 Å². The van der Waals surface area contributed by atoms with Crippen LogP contribution in [0.1, 0.15) is 310 Å². The van der Waals surface area contributed by atoms with Gasteiger partial charge in [-0.15, -0.1) is 0 Å². The van der Waals surface area contributed by atoms with Gasteiger partial charge >= 0.3 is 17.9 Å². The lowest BCUT2D eigenvalue weighted by molar-refractivity contribution is -0.167. The standard InChI is InChI=1S/C72H122O6/c1-4-7-10-13-16-19-22-25-27-29-31-33-34-35-36-37-38-40-41-43-45-47-50-53-56-59-62-65-71(74)77-68-69(67-76-70(73)64-61-58-55-52-49-24-21-18-15-12-9-6-3)78-72(75)66-63-60-57-54-51-48-46-44-42-39-32-30-28-26-23-20-17-14-11-8-5-2/h7,10,16,18-19,21,23,25-27,30-33,35-36,42,44,69H,4-6,8-9,11-15,17,20,22,24,28-29,34,37-41,43,45-68H2,1-3H3/b10-7-,19-16-,21-18-,26-23-,27-25-,32-30-,33-31-,36-35-,44-42-. The maximum Gasteiger partial charge on any atom is 0.306 e. The predicted molar refractivity (Wildman–Crippen MR) is 339 cm³/mol. The van der Waals surface area contributed by atoms with E-state index in [1.807, 2.05) is 0 Å². The van der Waals surface area contributed by atoms with Crippen LogP contribution in [0.15, 0.2) is 109 Å². The van der Waals surface area contributed by atoms with Gasteiger partial charge < -0.3 is 14.2 Å². The Labute approximate surface area is 482 Å². The lowest BCUT2D eigenvalue weighted by Crippen LogP contribution is -2.30. The third kappa shape index (κ3) is 62.9. The molecule has 78 heavy (non-hydrogen) atoms. The molecule has 0 N–H and O–H groups in total. The highest BCUT2D eigenvalue weighted by molar-refractivity contribution is 5.71. The van der Waals surface area contributed by atoms with Crippen molar-refractivity contribution in [2.45, 2.75) is 316 Å². The Balaban J connectivity index is 4.32. The van der Waals surface area contributed by atoms with Gasteiger partial charge in [-0.2, -0.15) is 0 Å². The molecule has 0 rings (SSSR count). The lowest BCUT2D eigenvalue weighted by Gasteiger charge is -2.18. The number of rotatable bonds is 59. The first-order valence-electron chi connectivity index (χ1n) is 32.9. The summed E-state index contributed by atoms with van der Waals surface area (Å²) >= 11 is 0. The van der Waals surface area contributed by atoms with Gasteiger partial charge in [0.1, 0.15) is 13.2 Å². The van der Waals surface area contributed by atoms with Crippen molar-refractivity contribution in [2.75, 3.05) is 13.2 Å². The molecule has 0 amide bonds. The van der Waals surface area contributed by atoms with Crippen LogP contribution < -0.4 is 0 Å². The Bertz CT molecular complexity index is 1570. The van der Waals surface area contributed by atoms with E-state index >= 15 is 0 Å². The molecular weight excluding hydrogens is 961 g/mol. The van der Waals surface area contributed by atoms with E-state index in [9.17, 15) is 14.4 Å². The van der Waals surface area contributed by atoms with E-state index in [4.69, 9.17) is 14.2 Å². The molecule has 0 saturated carbocycles. The fraction of sp³-hybridized carbons (Fsp3) is 0.708. The average Bonchev–Trinajstić information content (AvgIpc) is 3.44. The van der Waals surface area contributed by atoms with Crippen LogP contribution >= 0.6 is 0 Å². The van der Waals surface area contributed by atoms with Crippen molar-refractivity contribution >= 4 is 17.9 Å². The lowest BCUT2D eigenvalue weighted by atomic mass is 10.0. The van der Waals surface area contributed by atoms with Gasteiger partial charge in [-0.25, -0.2) is 0 Å². The normalized spacial score (nSPS) is 12.8. The monoisotopic (exact) mass is 1080 g/mol. The molecule has 0 saturated heterocycles. The number of esters is 3. The summed E-state index contributed by atoms with van der Waals surface area (Å²) in [4.78, 5) is 38.3. The Hall–Kier alpha value is -3.93. The summed E-state index contributed by atoms with van der Waals surface area (Å²) in [5.74, 6) is -0.905. The highest BCUT2D eigenvalue weighted by Gasteiger charge is 2.19. The fourth-order valence-corrected chi connectivity index (χ4v) is 9.06. The largest absolute Gasteiger partial charge is 0.462 e. The zero-order valence-electron chi connectivity index (χ0n) is 51.2. The van der Waals surface area contributed by atoms with Gasteiger partial charge in [0.25, 0.3) is 0 Å². The highest BCUT2D eigenvalue weighted by atomic mass is 16.6. The molecule has 0 bridgehead atoms. The predicted octanol–water partition coefficient (Wildman–Crippen LogP) is 22.6. The number of carbonyl (C=O) groups is 3. The van der Waals surface area contributed by atoms with Gasteiger partial charge in [0.15, 0.2) is 6.10 Å². The fourth-order valence-electron chi connectivity index (χ4n) is 9.06. The van der Waals surface area contributed by atoms with Crippen molar-refractivity contribution in [3.8, 4) is 0 Å². The van der Waals surface area contributed by atoms with Gasteiger partial charge in [-0.1, -0.05) is 271 Å². The second-order valence-corrected chi connectivity index (χ2v) is 21.6. The van der Waals surface area contributed by atoms with Crippen molar-refractivity contribution in [2.24, 2.45) is 0 Å². The maximum atomic E-state index is 12.9. The second-order valence-electron chi connectivity index (χ2n) is 21.6. The Morgan fingerprint density at radius 2 is 0.500 bits per heavy atom. The van der Waals surface area contributed by atoms with E-state index in [0.29, 0.717) is 19.3 Å². The average molecular weight is 1080 g/mol. The molecule has 1 unspecified atom stereocenters. The van der Waals surface area contributed by atoms with Crippen LogP contribution in [0, 0.1) is 0 Å². The van der Waals surface area contributed by atoms with E-state index in [2.05, 4.69) is 130 Å². The van der Waals surface area contributed by atoms with Crippen molar-refractivity contribution in [3.63, 3.8) is 0 Å². The van der Waals surface area contributed by atoms with E-state index in [0.717, 1.165) is 122 Å². The van der Waals surface area contributed by atoms with Crippen LogP contribution in [0.3, 0.4) is 0 Å². The summed E-state index contributed by atoms with van der Waals surface area (Å²) in [5.41, 5.74) is 0. The van der Waals surface area contributed by atoms with Gasteiger partial charge in [0.2, 0.25) is 0 Å². The summed E-state index contributed by atoms with van der Waals surface area (Å²) in [6.07, 6.45) is 89.5. The van der Waals surface area contributed by atoms with Gasteiger partial charge in [-0.3, -0.25) is 14.4 Å². The molecule has 0 heterocycles. The third-order valence-electron chi connectivity index (χ3n) is 14.0. The molecule has 0 aromatic rings. The summed E-state index contributed by atoms with van der Waals surface area (Å²) in [7, 11) is 0. The summed E-state index contributed by atoms with van der Waals surface area (Å²) in [6.45, 7) is 6.49. The van der Waals surface area contributed by atoms with Crippen LogP contribution in [-0.2, 0) is 28.6 Å². The van der Waals surface area contributed by atoms with Crippen LogP contribution in [0.2, 0.25) is 0 Å². The van der Waals surface area contributed by atoms with Crippen LogP contribution in [-0.4, -0.2) is 37.2 Å². The number of hydrogen-bond donors (Lipinski definition) is 0. The Morgan fingerprint density at radius 3 is 0.821 bits per heavy atom. The minimum atomic E-state index is -0.792. The SMILES string of the molecule is CC/C=C\C/C=C\C/C=C\C/C=C\C/C=C\CCCCCCCCCCCCCC(=O)OCC(COC(=O)CCCCCCC/C=C\CCCCC)OC(=O)CCCCCCCC/C=C\C/C=C\C/C=C\CCCCCCC. The minimum Gasteiger partial charge on any atom is -0.462 e. The maximum absolute atomic E-state index is 12.9. The second kappa shape index (κ2) is 65.6. The molecule has 0 fully saturated rings. The first-order valence-corrected chi connectivity index (χ1v) is 32.9. The molecule has 6 heteroatoms. The molecule has 0 aliphatic heterocycles. The Kier molecular flexibility index (Phi) is 62.3. The Morgan fingerprint density at radius 1 is 0.269 bits per heavy atom. The van der Waals surface area contributed by atoms with Crippen LogP contribution in [0.5, 0.6) is 0 Å². The van der Waals surface area contributed by atoms with Gasteiger partial charge in [0, 0.05) is 19.3 Å². The zero-order valence-corrected chi connectivity index (χ0v) is 51.2. The molecular formula is C72H122O6. The summed E-state index contributed by atoms with van der Waals surface area (Å²) in [6, 6.07) is 0. The molecule has 6 nitrogen and oxygen atoms in total. The molecule has 0 aromatic heterocycles. The molecule has 0 radical (unpaired) electrons. The van der Waals surface area contributed by atoms with Gasteiger partial charge in [0.05, 0.1) is 0 Å². The number of hydrogen-bond acceptors (Lipinski definition) is 6. The summed E-state index contributed by atoms with van der Waals surface area (Å²) < 4.78 is 16.9. The first kappa shape index (κ1) is 74.1. The molecule has 1 atom stereocenters. The van der Waals surface area contributed by atoms with E-state index in [-0.39, 0.29) is 31.1 Å². The van der Waals surface area contributed by atoms with Crippen LogP contribution in [0.4, 0.5) is 0 Å².